The third-order valence-corrected chi connectivity index (χ3v) is 23.1. The Labute approximate surface area is 644 Å². The standard InChI is InChI=1S/C100H84N2O4S2/c1-5-71-27-31-73(32-28-71)69-107-89-57-43-79(44-58-89)99(77-39-53-87(54-40-77)105-65-63-103-7-3)95-25-17-15-23-91(95)93-61-51-85(67-97(93)99)101(81-19-11-9-12-20-81)83-47-35-75(36-48-83)76-37-49-84(50-38-76)102(82-21-13-10-14-22-82)86-52-62-94-92-24-16-18-26-96(92)100(98(94)68-86,78-41-55-88(56-42-78)106-66-64-104-8-4)80-45-59-90(60-46-80)108-70-74-33-29-72(6-2)30-34-74/h5-6,9-62,67-68H,1-2,7-8,63-66,69-70H2,3-4H3. The van der Waals surface area contributed by atoms with E-state index in [0.717, 1.165) is 90.5 Å². The molecule has 0 fully saturated rings. The lowest BCUT2D eigenvalue weighted by atomic mass is 9.67. The van der Waals surface area contributed by atoms with Gasteiger partial charge in [0.2, 0.25) is 0 Å². The fourth-order valence-electron chi connectivity index (χ4n) is 15.8. The lowest BCUT2D eigenvalue weighted by Crippen LogP contribution is -2.29. The van der Waals surface area contributed by atoms with Crippen LogP contribution in [0.15, 0.2) is 363 Å². The number of anilines is 6. The number of thioether (sulfide) groups is 2. The van der Waals surface area contributed by atoms with Gasteiger partial charge in [0.1, 0.15) is 24.7 Å². The third-order valence-electron chi connectivity index (χ3n) is 21.0. The van der Waals surface area contributed by atoms with Crippen LogP contribution in [0.3, 0.4) is 0 Å². The largest absolute Gasteiger partial charge is 0.491 e. The Kier molecular flexibility index (Phi) is 21.1. The maximum Gasteiger partial charge on any atom is 0.119 e. The van der Waals surface area contributed by atoms with Crippen molar-refractivity contribution in [2.45, 2.75) is 46.0 Å². The second-order valence-corrected chi connectivity index (χ2v) is 29.2. The van der Waals surface area contributed by atoms with Gasteiger partial charge in [0.05, 0.1) is 24.0 Å². The average Bonchev–Trinajstić information content (AvgIpc) is 1.56. The predicted octanol–water partition coefficient (Wildman–Crippen LogP) is 25.7. The molecule has 16 rings (SSSR count). The molecule has 0 aliphatic heterocycles. The first kappa shape index (κ1) is 70.7. The van der Waals surface area contributed by atoms with Gasteiger partial charge < -0.3 is 28.7 Å². The van der Waals surface area contributed by atoms with Crippen molar-refractivity contribution >= 4 is 69.8 Å². The van der Waals surface area contributed by atoms with Crippen LogP contribution < -0.4 is 19.3 Å². The van der Waals surface area contributed by atoms with Gasteiger partial charge in [-0.25, -0.2) is 0 Å². The third kappa shape index (κ3) is 14.0. The Morgan fingerprint density at radius 3 is 0.991 bits per heavy atom. The second-order valence-electron chi connectivity index (χ2n) is 27.1. The van der Waals surface area contributed by atoms with Gasteiger partial charge in [-0.05, 0) is 235 Å². The zero-order valence-electron chi connectivity index (χ0n) is 60.9. The molecule has 2 unspecified atom stereocenters. The minimum Gasteiger partial charge on any atom is -0.491 e. The number of rotatable bonds is 29. The predicted molar refractivity (Wildman–Crippen MR) is 452 cm³/mol. The number of hydrogen-bond donors (Lipinski definition) is 0. The molecule has 2 aliphatic rings. The first-order valence-electron chi connectivity index (χ1n) is 37.3. The van der Waals surface area contributed by atoms with E-state index in [9.17, 15) is 0 Å². The lowest BCUT2D eigenvalue weighted by molar-refractivity contribution is 0.110. The summed E-state index contributed by atoms with van der Waals surface area (Å²) in [7, 11) is 0. The highest BCUT2D eigenvalue weighted by Gasteiger charge is 2.48. The molecule has 0 heterocycles. The van der Waals surface area contributed by atoms with Gasteiger partial charge in [-0.3, -0.25) is 0 Å². The molecular formula is C100H84N2O4S2. The van der Waals surface area contributed by atoms with E-state index >= 15 is 0 Å². The van der Waals surface area contributed by atoms with Crippen LogP contribution in [-0.4, -0.2) is 39.6 Å². The second kappa shape index (κ2) is 32.2. The van der Waals surface area contributed by atoms with Crippen molar-refractivity contribution in [3.63, 3.8) is 0 Å². The van der Waals surface area contributed by atoms with E-state index in [1.54, 1.807) is 0 Å². The average molecular weight is 1440 g/mol. The maximum atomic E-state index is 6.26. The van der Waals surface area contributed by atoms with E-state index in [-0.39, 0.29) is 0 Å². The van der Waals surface area contributed by atoms with Gasteiger partial charge in [0.25, 0.3) is 0 Å². The Hall–Kier alpha value is -11.6. The molecule has 14 aromatic rings. The first-order valence-corrected chi connectivity index (χ1v) is 39.2. The molecule has 530 valence electrons. The molecule has 0 amide bonds. The van der Waals surface area contributed by atoms with E-state index in [0.29, 0.717) is 39.6 Å². The van der Waals surface area contributed by atoms with Gasteiger partial charge >= 0.3 is 0 Å². The van der Waals surface area contributed by atoms with Gasteiger partial charge in [-0.15, -0.1) is 23.5 Å². The Morgan fingerprint density at radius 1 is 0.306 bits per heavy atom. The summed E-state index contributed by atoms with van der Waals surface area (Å²) >= 11 is 3.71. The summed E-state index contributed by atoms with van der Waals surface area (Å²) in [6, 6.07) is 125. The molecule has 0 saturated heterocycles. The number of hydrogen-bond acceptors (Lipinski definition) is 8. The van der Waals surface area contributed by atoms with Gasteiger partial charge in [-0.2, -0.15) is 0 Å². The number of ether oxygens (including phenoxy) is 4. The highest BCUT2D eigenvalue weighted by molar-refractivity contribution is 7.98. The zero-order valence-corrected chi connectivity index (χ0v) is 62.5. The monoisotopic (exact) mass is 1440 g/mol. The molecular weight excluding hydrogens is 1360 g/mol. The molecule has 2 atom stereocenters. The van der Waals surface area contributed by atoms with Crippen LogP contribution in [0.25, 0.3) is 45.5 Å². The minimum atomic E-state index is -0.680. The van der Waals surface area contributed by atoms with E-state index < -0.39 is 10.8 Å². The Balaban J connectivity index is 0.743. The van der Waals surface area contributed by atoms with Gasteiger partial charge in [0, 0.05) is 68.6 Å². The smallest absolute Gasteiger partial charge is 0.119 e. The van der Waals surface area contributed by atoms with Crippen LogP contribution in [0, 0.1) is 0 Å². The molecule has 0 saturated carbocycles. The van der Waals surface area contributed by atoms with Crippen molar-refractivity contribution in [2.75, 3.05) is 49.4 Å². The quantitative estimate of drug-likeness (QED) is 0.0339. The van der Waals surface area contributed by atoms with Gasteiger partial charge in [0.15, 0.2) is 0 Å². The summed E-state index contributed by atoms with van der Waals surface area (Å²) < 4.78 is 23.8. The van der Waals surface area contributed by atoms with E-state index in [2.05, 4.69) is 363 Å². The zero-order chi connectivity index (χ0) is 73.2. The van der Waals surface area contributed by atoms with Crippen molar-refractivity contribution in [3.05, 3.63) is 420 Å². The maximum absolute atomic E-state index is 6.26. The summed E-state index contributed by atoms with van der Waals surface area (Å²) in [5.41, 5.74) is 26.5. The van der Waals surface area contributed by atoms with Crippen LogP contribution in [0.4, 0.5) is 34.1 Å². The molecule has 108 heavy (non-hydrogen) atoms. The fourth-order valence-corrected chi connectivity index (χ4v) is 17.5. The minimum absolute atomic E-state index is 0.478. The van der Waals surface area contributed by atoms with Crippen molar-refractivity contribution < 1.29 is 18.9 Å². The molecule has 14 aromatic carbocycles. The summed E-state index contributed by atoms with van der Waals surface area (Å²) in [4.78, 5) is 7.22. The number of fused-ring (bicyclic) bond motifs is 6. The summed E-state index contributed by atoms with van der Waals surface area (Å²) in [6.07, 6.45) is 3.79. The number of benzene rings is 14. The molecule has 6 nitrogen and oxygen atoms in total. The fraction of sp³-hybridized carbons (Fsp3) is 0.120. The van der Waals surface area contributed by atoms with Crippen LogP contribution in [0.2, 0.25) is 0 Å². The van der Waals surface area contributed by atoms with E-state index in [1.165, 1.54) is 76.6 Å². The first-order chi connectivity index (χ1) is 53.3. The van der Waals surface area contributed by atoms with Gasteiger partial charge in [-0.1, -0.05) is 244 Å². The molecule has 0 aromatic heterocycles. The topological polar surface area (TPSA) is 43.4 Å². The number of para-hydroxylation sites is 2. The van der Waals surface area contributed by atoms with Crippen LogP contribution in [0.5, 0.6) is 11.5 Å². The van der Waals surface area contributed by atoms with Crippen molar-refractivity contribution in [3.8, 4) is 44.9 Å². The Morgan fingerprint density at radius 2 is 0.630 bits per heavy atom. The molecule has 0 N–H and O–H groups in total. The highest BCUT2D eigenvalue weighted by Crippen LogP contribution is 2.60. The van der Waals surface area contributed by atoms with Crippen LogP contribution in [0.1, 0.15) is 80.6 Å². The lowest BCUT2D eigenvalue weighted by Gasteiger charge is -2.35. The van der Waals surface area contributed by atoms with Crippen LogP contribution in [-0.2, 0) is 31.8 Å². The molecule has 0 bridgehead atoms. The van der Waals surface area contributed by atoms with E-state index in [4.69, 9.17) is 18.9 Å². The molecule has 0 spiro atoms. The molecule has 0 radical (unpaired) electrons. The summed E-state index contributed by atoms with van der Waals surface area (Å²) in [5, 5.41) is 0. The summed E-state index contributed by atoms with van der Waals surface area (Å²) in [5.74, 6) is 3.35. The molecule has 8 heteroatoms. The molecule has 2 aliphatic carbocycles. The van der Waals surface area contributed by atoms with Crippen molar-refractivity contribution in [1.82, 2.24) is 0 Å². The van der Waals surface area contributed by atoms with Crippen LogP contribution >= 0.6 is 23.5 Å². The van der Waals surface area contributed by atoms with Crippen molar-refractivity contribution in [1.29, 1.82) is 0 Å². The Bertz CT molecular complexity index is 5080. The van der Waals surface area contributed by atoms with Crippen molar-refractivity contribution in [2.24, 2.45) is 0 Å². The van der Waals surface area contributed by atoms with E-state index in [1.807, 2.05) is 49.5 Å². The summed E-state index contributed by atoms with van der Waals surface area (Å²) in [6.45, 7) is 15.3. The SMILES string of the molecule is C=Cc1ccc(CSc2ccc(C3(c4ccc(OCCOCC)cc4)c4ccccc4-c4ccc(N(c5ccccc5)c5ccc(-c6ccc(N(c7ccccc7)c7ccc8c(c7)C(c7ccc(OCCOCC)cc7)(c7ccc(SCc9ccc(C=C)cc9)cc7)c7ccccc7-8)cc6)cc5)cc43)cc2)cc1. The number of nitrogens with zero attached hydrogens (tertiary/aromatic N) is 2. The highest BCUT2D eigenvalue weighted by atomic mass is 32.2. The normalized spacial score (nSPS) is 14.4.